The van der Waals surface area contributed by atoms with E-state index in [1.807, 2.05) is 0 Å². The van der Waals surface area contributed by atoms with Crippen LogP contribution in [0.25, 0.3) is 0 Å². The van der Waals surface area contributed by atoms with Gasteiger partial charge in [-0.2, -0.15) is 0 Å². The van der Waals surface area contributed by atoms with E-state index in [-0.39, 0.29) is 17.6 Å². The molecule has 0 aromatic carbocycles. The van der Waals surface area contributed by atoms with Gasteiger partial charge in [-0.3, -0.25) is 10.2 Å². The Kier molecular flexibility index (Phi) is 4.93. The van der Waals surface area contributed by atoms with Crippen LogP contribution in [0.3, 0.4) is 0 Å². The van der Waals surface area contributed by atoms with Gasteiger partial charge in [0.05, 0.1) is 18.8 Å². The van der Waals surface area contributed by atoms with Gasteiger partial charge >= 0.3 is 0 Å². The lowest BCUT2D eigenvalue weighted by Crippen LogP contribution is -2.56. The molecular formula is C18H30N2O4. The van der Waals surface area contributed by atoms with Crippen molar-refractivity contribution in [1.29, 1.82) is 0 Å². The van der Waals surface area contributed by atoms with E-state index < -0.39 is 18.3 Å². The first kappa shape index (κ1) is 16.9. The minimum absolute atomic E-state index is 0.0743. The van der Waals surface area contributed by atoms with E-state index in [9.17, 15) is 15.0 Å². The summed E-state index contributed by atoms with van der Waals surface area (Å²) in [5.74, 6) is 0.222. The zero-order chi connectivity index (χ0) is 16.7. The molecule has 0 bridgehead atoms. The van der Waals surface area contributed by atoms with E-state index in [0.29, 0.717) is 31.4 Å². The summed E-state index contributed by atoms with van der Waals surface area (Å²) in [4.78, 5) is 13.0. The number of aliphatic hydroxyl groups is 2. The molecule has 6 heteroatoms. The molecule has 0 aromatic rings. The van der Waals surface area contributed by atoms with Crippen molar-refractivity contribution in [2.45, 2.75) is 69.3 Å². The van der Waals surface area contributed by atoms with E-state index >= 15 is 0 Å². The standard InChI is InChI=1S/C18H30N2O4/c21-15-7-6-13-16(22)14(10-24-18(13)17(15)23)11-8-19-20(9-11)12-4-2-1-3-5-12/h11-15,17-19,21,23H,1-10H2. The van der Waals surface area contributed by atoms with Crippen LogP contribution in [0.2, 0.25) is 0 Å². The number of carbonyl (C=O) groups is 1. The highest BCUT2D eigenvalue weighted by molar-refractivity contribution is 5.85. The molecule has 2 saturated heterocycles. The maximum Gasteiger partial charge on any atom is 0.144 e. The molecule has 0 radical (unpaired) electrons. The van der Waals surface area contributed by atoms with Gasteiger partial charge in [-0.25, -0.2) is 5.01 Å². The zero-order valence-electron chi connectivity index (χ0n) is 14.3. The highest BCUT2D eigenvalue weighted by Crippen LogP contribution is 2.37. The number of nitrogens with zero attached hydrogens (tertiary/aromatic N) is 1. The average Bonchev–Trinajstić information content (AvgIpc) is 3.09. The summed E-state index contributed by atoms with van der Waals surface area (Å²) < 4.78 is 5.86. The second kappa shape index (κ2) is 7.00. The van der Waals surface area contributed by atoms with Crippen LogP contribution in [0, 0.1) is 17.8 Å². The lowest BCUT2D eigenvalue weighted by molar-refractivity contribution is -0.181. The van der Waals surface area contributed by atoms with Gasteiger partial charge in [-0.15, -0.1) is 0 Å². The molecule has 2 saturated carbocycles. The number of ketones is 1. The van der Waals surface area contributed by atoms with Crippen molar-refractivity contribution in [3.8, 4) is 0 Å². The summed E-state index contributed by atoms with van der Waals surface area (Å²) in [6, 6.07) is 0.614. The highest BCUT2D eigenvalue weighted by atomic mass is 16.5. The number of ether oxygens (including phenoxy) is 1. The quantitative estimate of drug-likeness (QED) is 0.679. The predicted octanol–water partition coefficient (Wildman–Crippen LogP) is 0.471. The van der Waals surface area contributed by atoms with Gasteiger partial charge in [0, 0.05) is 31.0 Å². The van der Waals surface area contributed by atoms with Crippen LogP contribution in [-0.4, -0.2) is 65.1 Å². The van der Waals surface area contributed by atoms with E-state index in [2.05, 4.69) is 10.4 Å². The summed E-state index contributed by atoms with van der Waals surface area (Å²) in [7, 11) is 0. The van der Waals surface area contributed by atoms with Crippen molar-refractivity contribution in [3.63, 3.8) is 0 Å². The monoisotopic (exact) mass is 338 g/mol. The molecule has 4 rings (SSSR count). The smallest absolute Gasteiger partial charge is 0.144 e. The van der Waals surface area contributed by atoms with Gasteiger partial charge in [-0.1, -0.05) is 19.3 Å². The fourth-order valence-electron chi connectivity index (χ4n) is 5.16. The number of hydrazine groups is 1. The molecule has 3 N–H and O–H groups in total. The number of carbonyl (C=O) groups excluding carboxylic acids is 1. The third-order valence-corrected chi connectivity index (χ3v) is 6.67. The van der Waals surface area contributed by atoms with Gasteiger partial charge in [0.15, 0.2) is 0 Å². The summed E-state index contributed by atoms with van der Waals surface area (Å²) in [6.45, 7) is 2.15. The first-order valence-electron chi connectivity index (χ1n) is 9.66. The number of Topliss-reactive ketones (excluding diaryl/α,β-unsaturated/α-hetero) is 1. The van der Waals surface area contributed by atoms with Crippen LogP contribution in [0.5, 0.6) is 0 Å². The van der Waals surface area contributed by atoms with Crippen LogP contribution in [0.4, 0.5) is 0 Å². The number of rotatable bonds is 2. The third-order valence-electron chi connectivity index (χ3n) is 6.67. The maximum atomic E-state index is 13.0. The van der Waals surface area contributed by atoms with Crippen LogP contribution in [0.1, 0.15) is 44.9 Å². The summed E-state index contributed by atoms with van der Waals surface area (Å²) in [5, 5.41) is 22.3. The number of hydrogen-bond donors (Lipinski definition) is 3. The molecule has 0 aromatic heterocycles. The molecule has 2 aliphatic heterocycles. The Labute approximate surface area is 143 Å². The number of nitrogens with one attached hydrogen (secondary N) is 1. The molecule has 2 heterocycles. The summed E-state index contributed by atoms with van der Waals surface area (Å²) in [5.41, 5.74) is 3.52. The molecular weight excluding hydrogens is 308 g/mol. The van der Waals surface area contributed by atoms with Crippen LogP contribution in [0.15, 0.2) is 0 Å². The lowest BCUT2D eigenvalue weighted by atomic mass is 9.72. The highest BCUT2D eigenvalue weighted by Gasteiger charge is 2.49. The van der Waals surface area contributed by atoms with Crippen molar-refractivity contribution < 1.29 is 19.7 Å². The number of aliphatic hydroxyl groups excluding tert-OH is 2. The summed E-state index contributed by atoms with van der Waals surface area (Å²) >= 11 is 0. The largest absolute Gasteiger partial charge is 0.390 e. The van der Waals surface area contributed by atoms with Crippen molar-refractivity contribution in [1.82, 2.24) is 10.4 Å². The molecule has 0 amide bonds. The van der Waals surface area contributed by atoms with Crippen molar-refractivity contribution >= 4 is 5.78 Å². The Morgan fingerprint density at radius 1 is 1.04 bits per heavy atom. The van der Waals surface area contributed by atoms with Gasteiger partial charge in [-0.05, 0) is 31.6 Å². The Balaban J connectivity index is 1.38. The fourth-order valence-corrected chi connectivity index (χ4v) is 5.16. The average molecular weight is 338 g/mol. The molecule has 6 atom stereocenters. The second-order valence-electron chi connectivity index (χ2n) is 8.12. The van der Waals surface area contributed by atoms with Gasteiger partial charge in [0.1, 0.15) is 11.9 Å². The van der Waals surface area contributed by atoms with E-state index in [0.717, 1.165) is 13.1 Å². The molecule has 136 valence electrons. The second-order valence-corrected chi connectivity index (χ2v) is 8.12. The topological polar surface area (TPSA) is 82.0 Å². The van der Waals surface area contributed by atoms with Crippen molar-refractivity contribution in [2.24, 2.45) is 17.8 Å². The maximum absolute atomic E-state index is 13.0. The predicted molar refractivity (Wildman–Crippen MR) is 88.0 cm³/mol. The molecule has 4 aliphatic rings. The lowest BCUT2D eigenvalue weighted by Gasteiger charge is -2.43. The fraction of sp³-hybridized carbons (Fsp3) is 0.944. The molecule has 4 fully saturated rings. The molecule has 2 aliphatic carbocycles. The minimum atomic E-state index is -0.922. The van der Waals surface area contributed by atoms with Gasteiger partial charge in [0.2, 0.25) is 0 Å². The van der Waals surface area contributed by atoms with E-state index in [4.69, 9.17) is 4.74 Å². The number of fused-ring (bicyclic) bond motifs is 1. The Bertz CT molecular complexity index is 468. The Hall–Kier alpha value is -0.530. The van der Waals surface area contributed by atoms with Crippen LogP contribution in [-0.2, 0) is 9.53 Å². The van der Waals surface area contributed by atoms with Crippen LogP contribution >= 0.6 is 0 Å². The zero-order valence-corrected chi connectivity index (χ0v) is 14.3. The first-order chi connectivity index (χ1) is 11.6. The molecule has 6 unspecified atom stereocenters. The minimum Gasteiger partial charge on any atom is -0.390 e. The Morgan fingerprint density at radius 3 is 2.62 bits per heavy atom. The summed E-state index contributed by atoms with van der Waals surface area (Å²) in [6.07, 6.45) is 5.39. The van der Waals surface area contributed by atoms with Gasteiger partial charge < -0.3 is 14.9 Å². The molecule has 24 heavy (non-hydrogen) atoms. The van der Waals surface area contributed by atoms with Crippen molar-refractivity contribution in [3.05, 3.63) is 0 Å². The SMILES string of the molecule is O=C1C(C2CNN(C3CCCCC3)C2)COC2C1CCC(O)C2O. The van der Waals surface area contributed by atoms with Gasteiger partial charge in [0.25, 0.3) is 0 Å². The first-order valence-corrected chi connectivity index (χ1v) is 9.66. The molecule has 0 spiro atoms. The van der Waals surface area contributed by atoms with E-state index in [1.54, 1.807) is 0 Å². The van der Waals surface area contributed by atoms with E-state index in [1.165, 1.54) is 32.1 Å². The van der Waals surface area contributed by atoms with Crippen molar-refractivity contribution in [2.75, 3.05) is 19.7 Å². The molecule has 6 nitrogen and oxygen atoms in total. The normalized spacial score (nSPS) is 45.3. The van der Waals surface area contributed by atoms with Crippen LogP contribution < -0.4 is 5.43 Å². The number of hydrogen-bond acceptors (Lipinski definition) is 6. The third kappa shape index (κ3) is 3.03. The Morgan fingerprint density at radius 2 is 1.83 bits per heavy atom.